The first-order chi connectivity index (χ1) is 8.51. The molecule has 1 rings (SSSR count). The van der Waals surface area contributed by atoms with E-state index in [1.165, 1.54) is 6.07 Å². The molecular weight excluding hydrogens is 251 g/mol. The van der Waals surface area contributed by atoms with Gasteiger partial charge in [-0.25, -0.2) is 4.39 Å². The molecule has 102 valence electrons. The number of benzene rings is 1. The molecule has 0 aliphatic rings. The van der Waals surface area contributed by atoms with E-state index in [-0.39, 0.29) is 11.9 Å². The molecule has 4 heteroatoms. The smallest absolute Gasteiger partial charge is 0.146 e. The highest BCUT2D eigenvalue weighted by molar-refractivity contribution is 6.17. The van der Waals surface area contributed by atoms with E-state index in [0.717, 1.165) is 18.7 Å². The molecule has 0 saturated carbocycles. The summed E-state index contributed by atoms with van der Waals surface area (Å²) in [5.41, 5.74) is 1.49. The monoisotopic (exact) mass is 272 g/mol. The number of rotatable bonds is 6. The van der Waals surface area contributed by atoms with Crippen LogP contribution in [0.15, 0.2) is 18.2 Å². The molecule has 0 aromatic heterocycles. The Hall–Kier alpha value is -0.800. The van der Waals surface area contributed by atoms with E-state index >= 15 is 0 Å². The van der Waals surface area contributed by atoms with Crippen LogP contribution >= 0.6 is 11.6 Å². The largest absolute Gasteiger partial charge is 0.365 e. The molecule has 0 fully saturated rings. The van der Waals surface area contributed by atoms with Gasteiger partial charge in [0.15, 0.2) is 0 Å². The molecule has 18 heavy (non-hydrogen) atoms. The van der Waals surface area contributed by atoms with Crippen molar-refractivity contribution >= 4 is 17.3 Å². The van der Waals surface area contributed by atoms with Crippen LogP contribution in [0.4, 0.5) is 10.1 Å². The highest BCUT2D eigenvalue weighted by Gasteiger charge is 2.19. The van der Waals surface area contributed by atoms with Gasteiger partial charge >= 0.3 is 0 Å². The SMILES string of the molecule is CCN(c1c(F)cccc1CCl)C(C)CN(C)C. The van der Waals surface area contributed by atoms with Crippen LogP contribution in [0, 0.1) is 5.82 Å². The lowest BCUT2D eigenvalue weighted by Crippen LogP contribution is -2.41. The van der Waals surface area contributed by atoms with Crippen LogP contribution in [0.25, 0.3) is 0 Å². The van der Waals surface area contributed by atoms with Gasteiger partial charge in [0.25, 0.3) is 0 Å². The fourth-order valence-corrected chi connectivity index (χ4v) is 2.52. The second kappa shape index (κ2) is 6.95. The van der Waals surface area contributed by atoms with E-state index in [9.17, 15) is 4.39 Å². The van der Waals surface area contributed by atoms with Crippen molar-refractivity contribution in [2.75, 3.05) is 32.1 Å². The summed E-state index contributed by atoms with van der Waals surface area (Å²) in [6.45, 7) is 5.79. The quantitative estimate of drug-likeness (QED) is 0.733. The van der Waals surface area contributed by atoms with Crippen LogP contribution in [-0.4, -0.2) is 38.1 Å². The number of halogens is 2. The number of alkyl halides is 1. The predicted molar refractivity (Wildman–Crippen MR) is 77.0 cm³/mol. The van der Waals surface area contributed by atoms with Crippen LogP contribution in [0.2, 0.25) is 0 Å². The highest BCUT2D eigenvalue weighted by Crippen LogP contribution is 2.27. The Morgan fingerprint density at radius 1 is 1.33 bits per heavy atom. The molecule has 1 atom stereocenters. The second-order valence-electron chi connectivity index (χ2n) is 4.78. The van der Waals surface area contributed by atoms with Crippen LogP contribution in [0.3, 0.4) is 0 Å². The van der Waals surface area contributed by atoms with Crippen LogP contribution in [0.1, 0.15) is 19.4 Å². The molecule has 1 aromatic carbocycles. The van der Waals surface area contributed by atoms with Gasteiger partial charge in [0, 0.05) is 25.0 Å². The zero-order valence-electron chi connectivity index (χ0n) is 11.6. The van der Waals surface area contributed by atoms with Gasteiger partial charge in [0.2, 0.25) is 0 Å². The number of para-hydroxylation sites is 1. The highest BCUT2D eigenvalue weighted by atomic mass is 35.5. The van der Waals surface area contributed by atoms with Crippen molar-refractivity contribution in [3.8, 4) is 0 Å². The first-order valence-corrected chi connectivity index (χ1v) is 6.79. The van der Waals surface area contributed by atoms with Gasteiger partial charge in [-0.3, -0.25) is 0 Å². The molecular formula is C14H22ClFN2. The standard InChI is InChI=1S/C14H22ClFN2/c1-5-18(11(2)10-17(3)4)14-12(9-15)7-6-8-13(14)16/h6-8,11H,5,9-10H2,1-4H3. The minimum Gasteiger partial charge on any atom is -0.365 e. The Bertz CT molecular complexity index is 382. The molecule has 1 unspecified atom stereocenters. The van der Waals surface area contributed by atoms with E-state index in [2.05, 4.69) is 16.7 Å². The first kappa shape index (κ1) is 15.3. The number of hydrogen-bond acceptors (Lipinski definition) is 2. The van der Waals surface area contributed by atoms with Crippen molar-refractivity contribution in [1.29, 1.82) is 0 Å². The van der Waals surface area contributed by atoms with Gasteiger partial charge < -0.3 is 9.80 Å². The van der Waals surface area contributed by atoms with Crippen LogP contribution in [0.5, 0.6) is 0 Å². The molecule has 0 aliphatic heterocycles. The summed E-state index contributed by atoms with van der Waals surface area (Å²) in [7, 11) is 4.04. The van der Waals surface area contributed by atoms with Gasteiger partial charge in [0.1, 0.15) is 5.82 Å². The second-order valence-corrected chi connectivity index (χ2v) is 5.05. The zero-order chi connectivity index (χ0) is 13.7. The number of anilines is 1. The Balaban J connectivity index is 3.08. The van der Waals surface area contributed by atoms with E-state index in [1.807, 2.05) is 27.1 Å². The fourth-order valence-electron chi connectivity index (χ4n) is 2.31. The normalized spacial score (nSPS) is 12.8. The molecule has 0 amide bonds. The molecule has 0 N–H and O–H groups in total. The molecule has 0 heterocycles. The Labute approximate surface area is 114 Å². The molecule has 0 spiro atoms. The van der Waals surface area contributed by atoms with Gasteiger partial charge in [-0.05, 0) is 39.6 Å². The molecule has 0 radical (unpaired) electrons. The van der Waals surface area contributed by atoms with E-state index in [4.69, 9.17) is 11.6 Å². The third-order valence-corrected chi connectivity index (χ3v) is 3.29. The third-order valence-electron chi connectivity index (χ3n) is 3.00. The minimum absolute atomic E-state index is 0.194. The van der Waals surface area contributed by atoms with Crippen LogP contribution < -0.4 is 4.90 Å². The zero-order valence-corrected chi connectivity index (χ0v) is 12.3. The lowest BCUT2D eigenvalue weighted by atomic mass is 10.1. The van der Waals surface area contributed by atoms with E-state index < -0.39 is 0 Å². The Kier molecular flexibility index (Phi) is 5.89. The van der Waals surface area contributed by atoms with Crippen molar-refractivity contribution in [3.05, 3.63) is 29.6 Å². The van der Waals surface area contributed by atoms with Crippen LogP contribution in [-0.2, 0) is 5.88 Å². The van der Waals surface area contributed by atoms with Crippen molar-refractivity contribution in [3.63, 3.8) is 0 Å². The maximum atomic E-state index is 14.1. The van der Waals surface area contributed by atoms with Gasteiger partial charge in [-0.15, -0.1) is 11.6 Å². The summed E-state index contributed by atoms with van der Waals surface area (Å²) in [6, 6.07) is 5.33. The van der Waals surface area contributed by atoms with E-state index in [1.54, 1.807) is 6.07 Å². The number of likely N-dealkylation sites (N-methyl/N-ethyl adjacent to an activating group) is 2. The summed E-state index contributed by atoms with van der Waals surface area (Å²) >= 11 is 5.91. The van der Waals surface area contributed by atoms with Crippen molar-refractivity contribution in [1.82, 2.24) is 4.90 Å². The maximum Gasteiger partial charge on any atom is 0.146 e. The van der Waals surface area contributed by atoms with Gasteiger partial charge in [0.05, 0.1) is 5.69 Å². The topological polar surface area (TPSA) is 6.48 Å². The third kappa shape index (κ3) is 3.59. The predicted octanol–water partition coefficient (Wildman–Crippen LogP) is 3.34. The summed E-state index contributed by atoms with van der Waals surface area (Å²) < 4.78 is 14.1. The lowest BCUT2D eigenvalue weighted by Gasteiger charge is -2.33. The minimum atomic E-state index is -0.194. The van der Waals surface area contributed by atoms with Gasteiger partial charge in [-0.1, -0.05) is 12.1 Å². The average Bonchev–Trinajstić information content (AvgIpc) is 2.31. The summed E-state index contributed by atoms with van der Waals surface area (Å²) in [5.74, 6) is 0.138. The summed E-state index contributed by atoms with van der Waals surface area (Å²) in [5, 5.41) is 0. The molecule has 1 aromatic rings. The lowest BCUT2D eigenvalue weighted by molar-refractivity contribution is 0.371. The maximum absolute atomic E-state index is 14.1. The van der Waals surface area contributed by atoms with E-state index in [0.29, 0.717) is 11.6 Å². The first-order valence-electron chi connectivity index (χ1n) is 6.26. The van der Waals surface area contributed by atoms with Crippen molar-refractivity contribution in [2.45, 2.75) is 25.8 Å². The number of hydrogen-bond donors (Lipinski definition) is 0. The summed E-state index contributed by atoms with van der Waals surface area (Å²) in [4.78, 5) is 4.18. The molecule has 2 nitrogen and oxygen atoms in total. The van der Waals surface area contributed by atoms with Crippen molar-refractivity contribution < 1.29 is 4.39 Å². The Morgan fingerprint density at radius 2 is 2.00 bits per heavy atom. The van der Waals surface area contributed by atoms with Gasteiger partial charge in [-0.2, -0.15) is 0 Å². The molecule has 0 saturated heterocycles. The van der Waals surface area contributed by atoms with Crippen molar-refractivity contribution in [2.24, 2.45) is 0 Å². The number of nitrogens with zero attached hydrogens (tertiary/aromatic N) is 2. The fraction of sp³-hybridized carbons (Fsp3) is 0.571. The molecule has 0 bridgehead atoms. The summed E-state index contributed by atoms with van der Waals surface area (Å²) in [6.07, 6.45) is 0. The average molecular weight is 273 g/mol. The molecule has 0 aliphatic carbocycles. The Morgan fingerprint density at radius 3 is 2.50 bits per heavy atom.